The van der Waals surface area contributed by atoms with Crippen LogP contribution in [0.1, 0.15) is 10.4 Å². The average Bonchev–Trinajstić information content (AvgIpc) is 2.41. The first-order valence-corrected chi connectivity index (χ1v) is 6.28. The molecule has 1 N–H and O–H groups in total. The van der Waals surface area contributed by atoms with Crippen LogP contribution in [-0.2, 0) is 0 Å². The number of thiol groups is 1. The lowest BCUT2D eigenvalue weighted by atomic mass is 10.0. The number of aromatic hydroxyl groups is 1. The number of phenolic OH excluding ortho intramolecular Hbond substituents is 1. The molecule has 0 aromatic heterocycles. The van der Waals surface area contributed by atoms with Gasteiger partial charge in [-0.1, -0.05) is 18.2 Å². The second-order valence-corrected chi connectivity index (χ2v) is 4.97. The standard InChI is InChI=1S/C15H15NO2S/c1-16(2)15(18)12-5-3-4-10(8-12)11-6-7-13(17)14(19)9-11/h3-9,17,19H,1-2H3. The number of hydrogen-bond acceptors (Lipinski definition) is 3. The van der Waals surface area contributed by atoms with Crippen LogP contribution >= 0.6 is 12.6 Å². The van der Waals surface area contributed by atoms with Gasteiger partial charge in [0.25, 0.3) is 5.91 Å². The fraction of sp³-hybridized carbons (Fsp3) is 0.133. The molecule has 0 bridgehead atoms. The molecule has 0 saturated carbocycles. The van der Waals surface area contributed by atoms with Crippen LogP contribution in [0, 0.1) is 0 Å². The summed E-state index contributed by atoms with van der Waals surface area (Å²) in [6.07, 6.45) is 0. The first kappa shape index (κ1) is 13.5. The van der Waals surface area contributed by atoms with Gasteiger partial charge in [-0.05, 0) is 35.4 Å². The highest BCUT2D eigenvalue weighted by molar-refractivity contribution is 7.80. The molecule has 98 valence electrons. The molecule has 0 heterocycles. The van der Waals surface area contributed by atoms with E-state index in [0.717, 1.165) is 11.1 Å². The van der Waals surface area contributed by atoms with E-state index >= 15 is 0 Å². The molecule has 0 atom stereocenters. The van der Waals surface area contributed by atoms with Gasteiger partial charge in [0.05, 0.1) is 0 Å². The number of carbonyl (C=O) groups is 1. The summed E-state index contributed by atoms with van der Waals surface area (Å²) in [4.78, 5) is 14.0. The van der Waals surface area contributed by atoms with Crippen LogP contribution in [-0.4, -0.2) is 30.0 Å². The molecule has 0 radical (unpaired) electrons. The summed E-state index contributed by atoms with van der Waals surface area (Å²) in [5.41, 5.74) is 2.47. The molecule has 0 fully saturated rings. The Morgan fingerprint density at radius 1 is 1.11 bits per heavy atom. The van der Waals surface area contributed by atoms with Crippen molar-refractivity contribution < 1.29 is 9.90 Å². The van der Waals surface area contributed by atoms with Crippen molar-refractivity contribution in [3.05, 3.63) is 48.0 Å². The van der Waals surface area contributed by atoms with Crippen molar-refractivity contribution >= 4 is 18.5 Å². The molecule has 0 spiro atoms. The van der Waals surface area contributed by atoms with Crippen molar-refractivity contribution in [2.45, 2.75) is 4.90 Å². The fourth-order valence-corrected chi connectivity index (χ4v) is 2.01. The number of rotatable bonds is 2. The molecular formula is C15H15NO2S. The highest BCUT2D eigenvalue weighted by Gasteiger charge is 2.09. The monoisotopic (exact) mass is 273 g/mol. The summed E-state index contributed by atoms with van der Waals surface area (Å²) in [6.45, 7) is 0. The van der Waals surface area contributed by atoms with E-state index in [4.69, 9.17) is 0 Å². The van der Waals surface area contributed by atoms with Gasteiger partial charge in [0, 0.05) is 24.6 Å². The number of benzene rings is 2. The average molecular weight is 273 g/mol. The maximum Gasteiger partial charge on any atom is 0.253 e. The van der Waals surface area contributed by atoms with Crippen LogP contribution in [0.25, 0.3) is 11.1 Å². The summed E-state index contributed by atoms with van der Waals surface area (Å²) >= 11 is 4.19. The van der Waals surface area contributed by atoms with E-state index in [9.17, 15) is 9.90 Å². The van der Waals surface area contributed by atoms with Gasteiger partial charge in [-0.3, -0.25) is 4.79 Å². The second kappa shape index (κ2) is 5.36. The summed E-state index contributed by atoms with van der Waals surface area (Å²) in [7, 11) is 3.45. The van der Waals surface area contributed by atoms with Crippen LogP contribution in [0.5, 0.6) is 5.75 Å². The number of phenols is 1. The van der Waals surface area contributed by atoms with Crippen LogP contribution in [0.3, 0.4) is 0 Å². The first-order chi connectivity index (χ1) is 8.99. The Kier molecular flexibility index (Phi) is 3.81. The maximum absolute atomic E-state index is 11.9. The van der Waals surface area contributed by atoms with Crippen molar-refractivity contribution in [2.75, 3.05) is 14.1 Å². The Bertz CT molecular complexity index is 623. The normalized spacial score (nSPS) is 10.3. The third kappa shape index (κ3) is 2.90. The molecule has 2 aromatic rings. The van der Waals surface area contributed by atoms with Crippen molar-refractivity contribution in [3.8, 4) is 16.9 Å². The third-order valence-corrected chi connectivity index (χ3v) is 3.18. The van der Waals surface area contributed by atoms with Crippen molar-refractivity contribution in [3.63, 3.8) is 0 Å². The summed E-state index contributed by atoms with van der Waals surface area (Å²) in [5.74, 6) is 0.110. The van der Waals surface area contributed by atoms with Crippen molar-refractivity contribution in [1.29, 1.82) is 0 Å². The Hall–Kier alpha value is -1.94. The van der Waals surface area contributed by atoms with E-state index in [1.165, 1.54) is 0 Å². The van der Waals surface area contributed by atoms with E-state index in [-0.39, 0.29) is 11.7 Å². The molecule has 0 aliphatic rings. The number of amides is 1. The minimum atomic E-state index is -0.0354. The molecule has 0 aliphatic carbocycles. The minimum absolute atomic E-state index is 0.0354. The predicted molar refractivity (Wildman–Crippen MR) is 78.8 cm³/mol. The number of hydrogen-bond donors (Lipinski definition) is 2. The lowest BCUT2D eigenvalue weighted by molar-refractivity contribution is 0.0827. The van der Waals surface area contributed by atoms with Gasteiger partial charge >= 0.3 is 0 Å². The van der Waals surface area contributed by atoms with Gasteiger partial charge in [0.1, 0.15) is 5.75 Å². The topological polar surface area (TPSA) is 40.5 Å². The van der Waals surface area contributed by atoms with Gasteiger partial charge < -0.3 is 10.0 Å². The molecule has 3 nitrogen and oxygen atoms in total. The number of nitrogens with zero attached hydrogens (tertiary/aromatic N) is 1. The minimum Gasteiger partial charge on any atom is -0.507 e. The molecule has 1 amide bonds. The largest absolute Gasteiger partial charge is 0.507 e. The Morgan fingerprint density at radius 2 is 1.79 bits per heavy atom. The Balaban J connectivity index is 2.43. The van der Waals surface area contributed by atoms with Crippen LogP contribution in [0.4, 0.5) is 0 Å². The van der Waals surface area contributed by atoms with Crippen LogP contribution < -0.4 is 0 Å². The zero-order chi connectivity index (χ0) is 14.0. The van der Waals surface area contributed by atoms with Gasteiger partial charge in [0.2, 0.25) is 0 Å². The quantitative estimate of drug-likeness (QED) is 0.826. The van der Waals surface area contributed by atoms with E-state index in [1.807, 2.05) is 18.2 Å². The second-order valence-electron chi connectivity index (χ2n) is 4.48. The Labute approximate surface area is 117 Å². The van der Waals surface area contributed by atoms with Crippen LogP contribution in [0.2, 0.25) is 0 Å². The van der Waals surface area contributed by atoms with E-state index < -0.39 is 0 Å². The third-order valence-electron chi connectivity index (χ3n) is 2.82. The smallest absolute Gasteiger partial charge is 0.253 e. The molecule has 0 unspecified atom stereocenters. The van der Waals surface area contributed by atoms with E-state index in [1.54, 1.807) is 43.3 Å². The Morgan fingerprint density at radius 3 is 2.42 bits per heavy atom. The highest BCUT2D eigenvalue weighted by Crippen LogP contribution is 2.28. The van der Waals surface area contributed by atoms with Gasteiger partial charge in [-0.15, -0.1) is 12.6 Å². The lowest BCUT2D eigenvalue weighted by Crippen LogP contribution is -2.21. The van der Waals surface area contributed by atoms with Crippen molar-refractivity contribution in [2.24, 2.45) is 0 Å². The fourth-order valence-electron chi connectivity index (χ4n) is 1.79. The van der Waals surface area contributed by atoms with Gasteiger partial charge in [0.15, 0.2) is 0 Å². The van der Waals surface area contributed by atoms with E-state index in [0.29, 0.717) is 10.5 Å². The highest BCUT2D eigenvalue weighted by atomic mass is 32.1. The van der Waals surface area contributed by atoms with Gasteiger partial charge in [-0.25, -0.2) is 0 Å². The van der Waals surface area contributed by atoms with Gasteiger partial charge in [-0.2, -0.15) is 0 Å². The summed E-state index contributed by atoms with van der Waals surface area (Å²) in [5, 5.41) is 9.47. The molecule has 0 aliphatic heterocycles. The molecule has 19 heavy (non-hydrogen) atoms. The summed E-state index contributed by atoms with van der Waals surface area (Å²) < 4.78 is 0. The molecule has 2 rings (SSSR count). The molecule has 0 saturated heterocycles. The predicted octanol–water partition coefficient (Wildman–Crippen LogP) is 3.05. The van der Waals surface area contributed by atoms with Crippen LogP contribution in [0.15, 0.2) is 47.4 Å². The molecular weight excluding hydrogens is 258 g/mol. The lowest BCUT2D eigenvalue weighted by Gasteiger charge is -2.11. The number of carbonyl (C=O) groups excluding carboxylic acids is 1. The zero-order valence-electron chi connectivity index (χ0n) is 10.8. The summed E-state index contributed by atoms with van der Waals surface area (Å²) in [6, 6.07) is 12.6. The SMILES string of the molecule is CN(C)C(=O)c1cccc(-c2ccc(O)c(S)c2)c1. The maximum atomic E-state index is 11.9. The van der Waals surface area contributed by atoms with Crippen molar-refractivity contribution in [1.82, 2.24) is 4.90 Å². The van der Waals surface area contributed by atoms with E-state index in [2.05, 4.69) is 12.6 Å². The zero-order valence-corrected chi connectivity index (χ0v) is 11.7. The first-order valence-electron chi connectivity index (χ1n) is 5.83. The molecule has 2 aromatic carbocycles. The molecule has 4 heteroatoms.